The third kappa shape index (κ3) is 1.63. The minimum Gasteiger partial charge on any atom is -0.289 e. The van der Waals surface area contributed by atoms with Gasteiger partial charge in [0.1, 0.15) is 0 Å². The zero-order valence-electron chi connectivity index (χ0n) is 11.2. The number of fused-ring (bicyclic) bond motifs is 4. The molecule has 2 aliphatic rings. The molecule has 3 heterocycles. The van der Waals surface area contributed by atoms with Crippen molar-refractivity contribution in [3.8, 4) is 0 Å². The average Bonchev–Trinajstić information content (AvgIpc) is 2.47. The summed E-state index contributed by atoms with van der Waals surface area (Å²) in [6.45, 7) is 3.48. The fourth-order valence-electron chi connectivity index (χ4n) is 3.75. The van der Waals surface area contributed by atoms with Crippen LogP contribution in [0.5, 0.6) is 0 Å². The van der Waals surface area contributed by atoms with Crippen LogP contribution in [0.3, 0.4) is 0 Å². The van der Waals surface area contributed by atoms with Crippen LogP contribution in [0, 0.1) is 0 Å². The second kappa shape index (κ2) is 4.17. The van der Waals surface area contributed by atoms with Crippen LogP contribution >= 0.6 is 0 Å². The summed E-state index contributed by atoms with van der Waals surface area (Å²) < 4.78 is 0. The van der Waals surface area contributed by atoms with Gasteiger partial charge in [-0.3, -0.25) is 9.88 Å². The van der Waals surface area contributed by atoms with Gasteiger partial charge in [-0.05, 0) is 48.1 Å². The van der Waals surface area contributed by atoms with Crippen LogP contribution in [-0.2, 0) is 12.8 Å². The second-order valence-corrected chi connectivity index (χ2v) is 5.66. The van der Waals surface area contributed by atoms with E-state index in [1.54, 1.807) is 0 Å². The highest BCUT2D eigenvalue weighted by molar-refractivity contribution is 5.39. The molecule has 0 bridgehead atoms. The molecule has 2 atom stereocenters. The highest BCUT2D eigenvalue weighted by Crippen LogP contribution is 2.42. The van der Waals surface area contributed by atoms with Crippen LogP contribution in [0.2, 0.25) is 0 Å². The van der Waals surface area contributed by atoms with E-state index in [2.05, 4.69) is 53.3 Å². The topological polar surface area (TPSA) is 16.1 Å². The molecule has 1 aromatic heterocycles. The first-order chi connectivity index (χ1) is 9.34. The van der Waals surface area contributed by atoms with Gasteiger partial charge >= 0.3 is 0 Å². The van der Waals surface area contributed by atoms with E-state index in [0.717, 1.165) is 13.0 Å². The molecule has 1 aromatic carbocycles. The first-order valence-corrected chi connectivity index (χ1v) is 7.11. The van der Waals surface area contributed by atoms with Crippen molar-refractivity contribution < 1.29 is 0 Å². The molecule has 0 N–H and O–H groups in total. The van der Waals surface area contributed by atoms with Crippen molar-refractivity contribution in [2.75, 3.05) is 6.54 Å². The van der Waals surface area contributed by atoms with E-state index < -0.39 is 0 Å². The predicted octanol–water partition coefficient (Wildman–Crippen LogP) is 3.30. The summed E-state index contributed by atoms with van der Waals surface area (Å²) in [5.41, 5.74) is 5.95. The zero-order valence-corrected chi connectivity index (χ0v) is 11.2. The molecule has 0 fully saturated rings. The molecule has 96 valence electrons. The lowest BCUT2D eigenvalue weighted by molar-refractivity contribution is 0.117. The number of pyridine rings is 1. The van der Waals surface area contributed by atoms with E-state index in [-0.39, 0.29) is 0 Å². The number of nitrogens with zero attached hydrogens (tertiary/aromatic N) is 2. The Bertz CT molecular complexity index is 620. The zero-order chi connectivity index (χ0) is 12.8. The second-order valence-electron chi connectivity index (χ2n) is 5.66. The largest absolute Gasteiger partial charge is 0.289 e. The molecular weight excluding hydrogens is 232 g/mol. The van der Waals surface area contributed by atoms with E-state index >= 15 is 0 Å². The van der Waals surface area contributed by atoms with Crippen molar-refractivity contribution in [1.29, 1.82) is 0 Å². The van der Waals surface area contributed by atoms with Gasteiger partial charge in [-0.25, -0.2) is 0 Å². The van der Waals surface area contributed by atoms with E-state index in [9.17, 15) is 0 Å². The van der Waals surface area contributed by atoms with Crippen LogP contribution in [-0.4, -0.2) is 16.4 Å². The minimum atomic E-state index is 0.482. The minimum absolute atomic E-state index is 0.482. The summed E-state index contributed by atoms with van der Waals surface area (Å²) >= 11 is 0. The third-order valence-electron chi connectivity index (χ3n) is 4.76. The molecule has 4 rings (SSSR count). The van der Waals surface area contributed by atoms with Gasteiger partial charge in [0.25, 0.3) is 0 Å². The maximum atomic E-state index is 4.30. The molecule has 0 amide bonds. The van der Waals surface area contributed by atoms with Crippen LogP contribution in [0.4, 0.5) is 0 Å². The lowest BCUT2D eigenvalue weighted by Gasteiger charge is -2.45. The Labute approximate surface area is 114 Å². The Kier molecular flexibility index (Phi) is 2.46. The van der Waals surface area contributed by atoms with E-state index in [0.29, 0.717) is 12.1 Å². The average molecular weight is 250 g/mol. The highest BCUT2D eigenvalue weighted by atomic mass is 15.2. The van der Waals surface area contributed by atoms with E-state index in [1.165, 1.54) is 28.7 Å². The van der Waals surface area contributed by atoms with E-state index in [4.69, 9.17) is 0 Å². The van der Waals surface area contributed by atoms with Gasteiger partial charge in [-0.15, -0.1) is 0 Å². The monoisotopic (exact) mass is 250 g/mol. The van der Waals surface area contributed by atoms with Gasteiger partial charge < -0.3 is 0 Å². The van der Waals surface area contributed by atoms with Crippen LogP contribution in [0.15, 0.2) is 42.7 Å². The van der Waals surface area contributed by atoms with Gasteiger partial charge in [0.15, 0.2) is 0 Å². The quantitative estimate of drug-likeness (QED) is 0.713. The van der Waals surface area contributed by atoms with Gasteiger partial charge in [-0.2, -0.15) is 0 Å². The first-order valence-electron chi connectivity index (χ1n) is 7.11. The van der Waals surface area contributed by atoms with Crippen molar-refractivity contribution in [3.05, 3.63) is 65.0 Å². The Morgan fingerprint density at radius 3 is 2.95 bits per heavy atom. The van der Waals surface area contributed by atoms with Crippen LogP contribution < -0.4 is 0 Å². The standard InChI is InChI=1S/C17H18N2/c1-12-16-11-18-8-6-14(16)10-17-15-5-3-2-4-13(15)7-9-19(12)17/h2-6,8,11-12,17H,7,9-10H2,1H3. The van der Waals surface area contributed by atoms with Crippen molar-refractivity contribution >= 4 is 0 Å². The Hall–Kier alpha value is -1.67. The number of rotatable bonds is 0. The van der Waals surface area contributed by atoms with Crippen LogP contribution in [0.25, 0.3) is 0 Å². The Morgan fingerprint density at radius 1 is 1.11 bits per heavy atom. The van der Waals surface area contributed by atoms with Gasteiger partial charge in [0.05, 0.1) is 0 Å². The maximum absolute atomic E-state index is 4.30. The van der Waals surface area contributed by atoms with Crippen molar-refractivity contribution in [2.45, 2.75) is 31.8 Å². The molecular formula is C17H18N2. The Morgan fingerprint density at radius 2 is 2.00 bits per heavy atom. The summed E-state index contributed by atoms with van der Waals surface area (Å²) in [6, 6.07) is 12.2. The smallest absolute Gasteiger partial charge is 0.0397 e. The molecule has 2 heteroatoms. The van der Waals surface area contributed by atoms with E-state index in [1.807, 2.05) is 6.20 Å². The van der Waals surface area contributed by atoms with Crippen molar-refractivity contribution in [1.82, 2.24) is 9.88 Å². The molecule has 0 aliphatic carbocycles. The molecule has 19 heavy (non-hydrogen) atoms. The van der Waals surface area contributed by atoms with Gasteiger partial charge in [-0.1, -0.05) is 24.3 Å². The highest BCUT2D eigenvalue weighted by Gasteiger charge is 2.35. The first kappa shape index (κ1) is 11.2. The van der Waals surface area contributed by atoms with Crippen LogP contribution in [0.1, 0.15) is 41.3 Å². The lowest BCUT2D eigenvalue weighted by Crippen LogP contribution is -2.41. The SMILES string of the molecule is CC1c2cnccc2CC2c3ccccc3CCN12. The fraction of sp³-hybridized carbons (Fsp3) is 0.353. The molecule has 0 radical (unpaired) electrons. The number of hydrogen-bond acceptors (Lipinski definition) is 2. The van der Waals surface area contributed by atoms with Crippen molar-refractivity contribution in [3.63, 3.8) is 0 Å². The number of hydrogen-bond donors (Lipinski definition) is 0. The molecule has 0 saturated carbocycles. The number of benzene rings is 1. The normalized spacial score (nSPS) is 25.3. The van der Waals surface area contributed by atoms with Gasteiger partial charge in [0.2, 0.25) is 0 Å². The third-order valence-corrected chi connectivity index (χ3v) is 4.76. The van der Waals surface area contributed by atoms with Gasteiger partial charge in [0, 0.05) is 31.0 Å². The molecule has 2 nitrogen and oxygen atoms in total. The molecule has 2 unspecified atom stereocenters. The molecule has 0 saturated heterocycles. The summed E-state index contributed by atoms with van der Waals surface area (Å²) in [5, 5.41) is 0. The number of aromatic nitrogens is 1. The summed E-state index contributed by atoms with van der Waals surface area (Å²) in [5.74, 6) is 0. The maximum Gasteiger partial charge on any atom is 0.0397 e. The molecule has 2 aromatic rings. The lowest BCUT2D eigenvalue weighted by atomic mass is 9.82. The summed E-state index contributed by atoms with van der Waals surface area (Å²) in [7, 11) is 0. The fourth-order valence-corrected chi connectivity index (χ4v) is 3.75. The Balaban J connectivity index is 1.83. The van der Waals surface area contributed by atoms with Crippen molar-refractivity contribution in [2.24, 2.45) is 0 Å². The summed E-state index contributed by atoms with van der Waals surface area (Å²) in [6.07, 6.45) is 6.28. The summed E-state index contributed by atoms with van der Waals surface area (Å²) in [4.78, 5) is 6.95. The predicted molar refractivity (Wildman–Crippen MR) is 75.9 cm³/mol. The molecule has 2 aliphatic heterocycles. The molecule has 0 spiro atoms.